The molecule has 3 rings (SSSR count). The van der Waals surface area contributed by atoms with Gasteiger partial charge in [-0.1, -0.05) is 24.6 Å². The van der Waals surface area contributed by atoms with Crippen LogP contribution in [0.15, 0.2) is 41.5 Å². The van der Waals surface area contributed by atoms with Gasteiger partial charge >= 0.3 is 0 Å². The predicted molar refractivity (Wildman–Crippen MR) is 131 cm³/mol. The van der Waals surface area contributed by atoms with Crippen LogP contribution in [0.2, 0.25) is 5.02 Å². The molecule has 0 aliphatic carbocycles. The minimum atomic E-state index is 0. The van der Waals surface area contributed by atoms with Crippen molar-refractivity contribution in [3.05, 3.63) is 47.1 Å². The molecule has 0 atom stereocenters. The van der Waals surface area contributed by atoms with E-state index in [4.69, 9.17) is 22.1 Å². The van der Waals surface area contributed by atoms with Gasteiger partial charge in [0.25, 0.3) is 0 Å². The number of nitrogens with zero attached hydrogens (tertiary/aromatic N) is 4. The largest absolute Gasteiger partial charge is 0.495 e. The number of nitrogens with two attached hydrogens (primary N) is 1. The Hall–Kier alpha value is -1.78. The van der Waals surface area contributed by atoms with Crippen molar-refractivity contribution in [2.75, 3.05) is 50.1 Å². The van der Waals surface area contributed by atoms with Gasteiger partial charge in [0.1, 0.15) is 11.6 Å². The molecule has 9 heteroatoms. The summed E-state index contributed by atoms with van der Waals surface area (Å²) in [6, 6.07) is 9.47. The Morgan fingerprint density at radius 1 is 1.24 bits per heavy atom. The van der Waals surface area contributed by atoms with Crippen molar-refractivity contribution >= 4 is 53.0 Å². The number of methoxy groups -OCH3 is 1. The van der Waals surface area contributed by atoms with Crippen LogP contribution in [0, 0.1) is 0 Å². The number of rotatable bonds is 6. The quantitative estimate of drug-likeness (QED) is 0.339. The molecule has 0 unspecified atom stereocenters. The second kappa shape index (κ2) is 11.4. The van der Waals surface area contributed by atoms with Crippen molar-refractivity contribution in [3.8, 4) is 5.75 Å². The van der Waals surface area contributed by atoms with Gasteiger partial charge in [0.2, 0.25) is 0 Å². The maximum absolute atomic E-state index is 6.12. The molecule has 0 radical (unpaired) electrons. The Kier molecular flexibility index (Phi) is 9.25. The molecule has 1 saturated heterocycles. The highest BCUT2D eigenvalue weighted by atomic mass is 127. The molecule has 3 N–H and O–H groups in total. The monoisotopic (exact) mass is 530 g/mol. The van der Waals surface area contributed by atoms with Crippen LogP contribution in [0.1, 0.15) is 12.5 Å². The van der Waals surface area contributed by atoms with Crippen molar-refractivity contribution in [2.24, 2.45) is 10.7 Å². The van der Waals surface area contributed by atoms with Crippen LogP contribution in [0.4, 0.5) is 11.5 Å². The highest BCUT2D eigenvalue weighted by molar-refractivity contribution is 14.0. The first-order valence-corrected chi connectivity index (χ1v) is 9.79. The molecule has 7 nitrogen and oxygen atoms in total. The van der Waals surface area contributed by atoms with Gasteiger partial charge in [-0.15, -0.1) is 24.0 Å². The van der Waals surface area contributed by atoms with E-state index in [1.165, 1.54) is 0 Å². The summed E-state index contributed by atoms with van der Waals surface area (Å²) in [5.41, 5.74) is 7.74. The van der Waals surface area contributed by atoms with E-state index in [9.17, 15) is 0 Å². The normalized spacial score (nSPS) is 15.0. The van der Waals surface area contributed by atoms with Crippen LogP contribution in [-0.2, 0) is 6.54 Å². The summed E-state index contributed by atoms with van der Waals surface area (Å²) in [7, 11) is 1.58. The molecule has 29 heavy (non-hydrogen) atoms. The van der Waals surface area contributed by atoms with Gasteiger partial charge in [-0.3, -0.25) is 0 Å². The van der Waals surface area contributed by atoms with Gasteiger partial charge in [-0.2, -0.15) is 0 Å². The zero-order valence-electron chi connectivity index (χ0n) is 16.8. The minimum absolute atomic E-state index is 0. The van der Waals surface area contributed by atoms with E-state index in [1.807, 2.05) is 12.3 Å². The molecule has 1 aliphatic heterocycles. The fourth-order valence-corrected chi connectivity index (χ4v) is 3.36. The summed E-state index contributed by atoms with van der Waals surface area (Å²) in [5.74, 6) is 1.95. The lowest BCUT2D eigenvalue weighted by molar-refractivity contribution is 0.270. The van der Waals surface area contributed by atoms with Crippen molar-refractivity contribution < 1.29 is 4.74 Å². The van der Waals surface area contributed by atoms with Crippen molar-refractivity contribution in [3.63, 3.8) is 0 Å². The summed E-state index contributed by atoms with van der Waals surface area (Å²) in [5, 5.41) is 3.55. The number of ether oxygens (including phenoxy) is 1. The standard InChI is InChI=1S/C20H27ClN6O.HI/c1-3-26-8-10-27(11-9-26)19-7-4-15(13-23-19)14-24-20(22)25-16-5-6-18(28-2)17(21)12-16;/h4-7,12-13H,3,8-11,14H2,1-2H3,(H3,22,24,25);1H. The number of aliphatic imine (C=N–C) groups is 1. The minimum Gasteiger partial charge on any atom is -0.495 e. The molecular formula is C20H28ClIN6O. The molecule has 1 aliphatic rings. The average Bonchev–Trinajstić information content (AvgIpc) is 2.73. The summed E-state index contributed by atoms with van der Waals surface area (Å²) >= 11 is 6.12. The molecular weight excluding hydrogens is 503 g/mol. The van der Waals surface area contributed by atoms with E-state index in [0.29, 0.717) is 23.3 Å². The number of guanidine groups is 1. The SMILES string of the molecule is CCN1CCN(c2ccc(CN=C(N)Nc3ccc(OC)c(Cl)c3)cn2)CC1.I. The van der Waals surface area contributed by atoms with Gasteiger partial charge in [0.05, 0.1) is 18.7 Å². The molecule has 0 saturated carbocycles. The van der Waals surface area contributed by atoms with Crippen molar-refractivity contribution in [2.45, 2.75) is 13.5 Å². The van der Waals surface area contributed by atoms with Crippen LogP contribution in [-0.4, -0.2) is 55.7 Å². The van der Waals surface area contributed by atoms with Crippen LogP contribution >= 0.6 is 35.6 Å². The van der Waals surface area contributed by atoms with Gasteiger partial charge in [-0.25, -0.2) is 9.98 Å². The number of aromatic nitrogens is 1. The Bertz CT molecular complexity index is 809. The van der Waals surface area contributed by atoms with Gasteiger partial charge in [-0.05, 0) is 36.4 Å². The number of hydrogen-bond acceptors (Lipinski definition) is 5. The average molecular weight is 531 g/mol. The molecule has 2 heterocycles. The predicted octanol–water partition coefficient (Wildman–Crippen LogP) is 3.43. The number of halogens is 2. The second-order valence-corrected chi connectivity index (χ2v) is 7.03. The van der Waals surface area contributed by atoms with Crippen molar-refractivity contribution in [1.29, 1.82) is 0 Å². The zero-order chi connectivity index (χ0) is 19.9. The van der Waals surface area contributed by atoms with Crippen LogP contribution in [0.5, 0.6) is 5.75 Å². The van der Waals surface area contributed by atoms with Gasteiger partial charge in [0.15, 0.2) is 5.96 Å². The lowest BCUT2D eigenvalue weighted by Crippen LogP contribution is -2.46. The number of likely N-dealkylation sites (N-methyl/N-ethyl adjacent to an activating group) is 1. The number of anilines is 2. The van der Waals surface area contributed by atoms with E-state index in [0.717, 1.165) is 49.8 Å². The summed E-state index contributed by atoms with van der Waals surface area (Å²) in [4.78, 5) is 13.7. The molecule has 158 valence electrons. The van der Waals surface area contributed by atoms with Crippen LogP contribution in [0.3, 0.4) is 0 Å². The Morgan fingerprint density at radius 3 is 2.59 bits per heavy atom. The third kappa shape index (κ3) is 6.61. The van der Waals surface area contributed by atoms with E-state index < -0.39 is 0 Å². The number of hydrogen-bond donors (Lipinski definition) is 2. The maximum Gasteiger partial charge on any atom is 0.193 e. The topological polar surface area (TPSA) is 79.0 Å². The van der Waals surface area contributed by atoms with E-state index in [1.54, 1.807) is 19.2 Å². The molecule has 2 aromatic rings. The fourth-order valence-electron chi connectivity index (χ4n) is 3.10. The molecule has 1 aromatic heterocycles. The second-order valence-electron chi connectivity index (χ2n) is 6.62. The number of nitrogens with one attached hydrogen (secondary N) is 1. The first-order chi connectivity index (χ1) is 13.6. The Balaban J connectivity index is 0.00000300. The number of benzene rings is 1. The van der Waals surface area contributed by atoms with Crippen LogP contribution < -0.4 is 20.7 Å². The molecule has 0 bridgehead atoms. The summed E-state index contributed by atoms with van der Waals surface area (Å²) in [6.07, 6.45) is 1.86. The van der Waals surface area contributed by atoms with Crippen LogP contribution in [0.25, 0.3) is 0 Å². The van der Waals surface area contributed by atoms with E-state index in [2.05, 4.69) is 44.1 Å². The van der Waals surface area contributed by atoms with Gasteiger partial charge < -0.3 is 25.6 Å². The Labute approximate surface area is 194 Å². The van der Waals surface area contributed by atoms with E-state index >= 15 is 0 Å². The van der Waals surface area contributed by atoms with Crippen molar-refractivity contribution in [1.82, 2.24) is 9.88 Å². The summed E-state index contributed by atoms with van der Waals surface area (Å²) < 4.78 is 5.14. The third-order valence-corrected chi connectivity index (χ3v) is 5.10. The fraction of sp³-hybridized carbons (Fsp3) is 0.400. The Morgan fingerprint density at radius 2 is 2.00 bits per heavy atom. The third-order valence-electron chi connectivity index (χ3n) is 4.81. The van der Waals surface area contributed by atoms with Gasteiger partial charge in [0, 0.05) is 38.1 Å². The molecule has 0 spiro atoms. The smallest absolute Gasteiger partial charge is 0.193 e. The van der Waals surface area contributed by atoms with E-state index in [-0.39, 0.29) is 24.0 Å². The first kappa shape index (κ1) is 23.5. The zero-order valence-corrected chi connectivity index (χ0v) is 19.9. The molecule has 1 fully saturated rings. The maximum atomic E-state index is 6.12. The number of piperazine rings is 1. The highest BCUT2D eigenvalue weighted by Gasteiger charge is 2.16. The molecule has 1 aromatic carbocycles. The first-order valence-electron chi connectivity index (χ1n) is 9.41. The lowest BCUT2D eigenvalue weighted by Gasteiger charge is -2.34. The highest BCUT2D eigenvalue weighted by Crippen LogP contribution is 2.27. The number of pyridine rings is 1. The lowest BCUT2D eigenvalue weighted by atomic mass is 10.2. The molecule has 0 amide bonds. The summed E-state index contributed by atoms with van der Waals surface area (Å²) in [6.45, 7) is 7.96.